The third-order valence-corrected chi connectivity index (χ3v) is 5.89. The van der Waals surface area contributed by atoms with Crippen LogP contribution in [0.2, 0.25) is 0 Å². The molecule has 3 heteroatoms. The summed E-state index contributed by atoms with van der Waals surface area (Å²) in [5.74, 6) is 2.19. The van der Waals surface area contributed by atoms with E-state index in [-0.39, 0.29) is 0 Å². The number of hydrogen-bond donors (Lipinski definition) is 1. The molecular weight excluding hydrogens is 302 g/mol. The second kappa shape index (κ2) is 6.98. The Morgan fingerprint density at radius 1 is 1.04 bits per heavy atom. The van der Waals surface area contributed by atoms with Crippen LogP contribution < -0.4 is 10.1 Å². The molecule has 2 atom stereocenters. The zero-order valence-corrected chi connectivity index (χ0v) is 14.1. The largest absolute Gasteiger partial charge is 0.490 e. The highest BCUT2D eigenvalue weighted by Crippen LogP contribution is 2.31. The van der Waals surface area contributed by atoms with Gasteiger partial charge in [0, 0.05) is 24.1 Å². The highest BCUT2D eigenvalue weighted by Gasteiger charge is 2.21. The van der Waals surface area contributed by atoms with Crippen LogP contribution in [-0.2, 0) is 19.3 Å². The van der Waals surface area contributed by atoms with Gasteiger partial charge in [-0.05, 0) is 42.0 Å². The van der Waals surface area contributed by atoms with Crippen molar-refractivity contribution < 1.29 is 4.74 Å². The van der Waals surface area contributed by atoms with E-state index in [4.69, 9.17) is 4.74 Å². The number of fused-ring (bicyclic) bond motifs is 1. The lowest BCUT2D eigenvalue weighted by Crippen LogP contribution is -2.25. The molecule has 1 unspecified atom stereocenters. The molecule has 2 aromatic rings. The summed E-state index contributed by atoms with van der Waals surface area (Å²) in [6.45, 7) is 1.14. The van der Waals surface area contributed by atoms with Crippen molar-refractivity contribution in [2.75, 3.05) is 12.4 Å². The molecule has 1 saturated heterocycles. The first-order valence-corrected chi connectivity index (χ1v) is 9.56. The van der Waals surface area contributed by atoms with Crippen LogP contribution in [0.1, 0.15) is 23.1 Å². The van der Waals surface area contributed by atoms with Crippen LogP contribution in [-0.4, -0.2) is 23.8 Å². The van der Waals surface area contributed by atoms with Crippen LogP contribution in [0.25, 0.3) is 0 Å². The zero-order chi connectivity index (χ0) is 15.5. The fourth-order valence-corrected chi connectivity index (χ4v) is 4.51. The van der Waals surface area contributed by atoms with Crippen molar-refractivity contribution in [2.45, 2.75) is 37.0 Å². The van der Waals surface area contributed by atoms with Crippen molar-refractivity contribution >= 4 is 11.8 Å². The lowest BCUT2D eigenvalue weighted by molar-refractivity contribution is 0.174. The van der Waals surface area contributed by atoms with E-state index in [9.17, 15) is 0 Å². The normalized spacial score (nSPS) is 23.3. The van der Waals surface area contributed by atoms with Crippen LogP contribution >= 0.6 is 11.8 Å². The summed E-state index contributed by atoms with van der Waals surface area (Å²) >= 11 is 2.03. The van der Waals surface area contributed by atoms with Gasteiger partial charge in [0.1, 0.15) is 11.9 Å². The molecule has 2 nitrogen and oxygen atoms in total. The van der Waals surface area contributed by atoms with E-state index in [1.165, 1.54) is 23.1 Å². The number of rotatable bonds is 4. The number of hydrogen-bond acceptors (Lipinski definition) is 3. The number of nitrogens with one attached hydrogen (secondary N) is 1. The topological polar surface area (TPSA) is 21.3 Å². The van der Waals surface area contributed by atoms with Gasteiger partial charge < -0.3 is 10.1 Å². The quantitative estimate of drug-likeness (QED) is 0.923. The van der Waals surface area contributed by atoms with Crippen molar-refractivity contribution in [3.8, 4) is 5.75 Å². The molecule has 2 aliphatic rings. The molecule has 4 rings (SSSR count). The molecule has 0 spiro atoms. The van der Waals surface area contributed by atoms with Gasteiger partial charge in [-0.3, -0.25) is 0 Å². The number of thioether (sulfide) groups is 1. The minimum atomic E-state index is 0.310. The Morgan fingerprint density at radius 2 is 1.96 bits per heavy atom. The van der Waals surface area contributed by atoms with Crippen molar-refractivity contribution in [2.24, 2.45) is 0 Å². The third kappa shape index (κ3) is 3.73. The summed E-state index contributed by atoms with van der Waals surface area (Å²) < 4.78 is 6.24. The molecule has 0 amide bonds. The first kappa shape index (κ1) is 15.1. The standard InChI is InChI=1S/C20H23NOS/c1-2-4-15(5-3-1)11-18-8-7-17-10-16(6-9-20(17)22-18)12-19-13-21-14-23-19/h1-6,9-10,18-19,21H,7-8,11-14H2/t18-,19?/m1/s1. The Hall–Kier alpha value is -1.45. The fourth-order valence-electron chi connectivity index (χ4n) is 3.50. The Morgan fingerprint density at radius 3 is 2.78 bits per heavy atom. The summed E-state index contributed by atoms with van der Waals surface area (Å²) in [7, 11) is 0. The smallest absolute Gasteiger partial charge is 0.122 e. The summed E-state index contributed by atoms with van der Waals surface area (Å²) in [5.41, 5.74) is 4.21. The Kier molecular flexibility index (Phi) is 4.58. The molecule has 0 aromatic heterocycles. The van der Waals surface area contributed by atoms with Crippen LogP contribution in [0.4, 0.5) is 0 Å². The van der Waals surface area contributed by atoms with E-state index in [0.717, 1.165) is 42.7 Å². The average molecular weight is 325 g/mol. The lowest BCUT2D eigenvalue weighted by Gasteiger charge is -2.27. The molecule has 120 valence electrons. The highest BCUT2D eigenvalue weighted by atomic mass is 32.2. The molecule has 2 aromatic carbocycles. The number of aryl methyl sites for hydroxylation is 1. The maximum absolute atomic E-state index is 6.24. The van der Waals surface area contributed by atoms with Crippen LogP contribution in [0.15, 0.2) is 48.5 Å². The van der Waals surface area contributed by atoms with Crippen LogP contribution in [0.5, 0.6) is 5.75 Å². The number of benzene rings is 2. The molecule has 1 fully saturated rings. The zero-order valence-electron chi connectivity index (χ0n) is 13.3. The minimum Gasteiger partial charge on any atom is -0.490 e. The van der Waals surface area contributed by atoms with Gasteiger partial charge in [-0.2, -0.15) is 0 Å². The SMILES string of the molecule is c1ccc(C[C@H]2CCc3cc(CC4CNCS4)ccc3O2)cc1. The molecular formula is C20H23NOS. The van der Waals surface area contributed by atoms with Crippen LogP contribution in [0, 0.1) is 0 Å². The molecule has 0 radical (unpaired) electrons. The monoisotopic (exact) mass is 325 g/mol. The Bertz CT molecular complexity index is 652. The van der Waals surface area contributed by atoms with E-state index < -0.39 is 0 Å². The van der Waals surface area contributed by atoms with Gasteiger partial charge in [-0.25, -0.2) is 0 Å². The molecule has 23 heavy (non-hydrogen) atoms. The van der Waals surface area contributed by atoms with E-state index >= 15 is 0 Å². The van der Waals surface area contributed by atoms with Crippen molar-refractivity contribution in [1.82, 2.24) is 5.32 Å². The first-order valence-electron chi connectivity index (χ1n) is 8.51. The fraction of sp³-hybridized carbons (Fsp3) is 0.400. The molecule has 2 aliphatic heterocycles. The van der Waals surface area contributed by atoms with E-state index in [1.807, 2.05) is 11.8 Å². The second-order valence-corrected chi connectivity index (χ2v) is 7.79. The summed E-state index contributed by atoms with van der Waals surface area (Å²) in [4.78, 5) is 0. The molecule has 2 heterocycles. The second-order valence-electron chi connectivity index (χ2n) is 6.50. The predicted molar refractivity (Wildman–Crippen MR) is 97.3 cm³/mol. The maximum Gasteiger partial charge on any atom is 0.122 e. The number of ether oxygens (including phenoxy) is 1. The third-order valence-electron chi connectivity index (χ3n) is 4.72. The Labute approximate surface area is 142 Å². The minimum absolute atomic E-state index is 0.310. The van der Waals surface area contributed by atoms with Crippen molar-refractivity contribution in [1.29, 1.82) is 0 Å². The molecule has 0 aliphatic carbocycles. The predicted octanol–water partition coefficient (Wildman–Crippen LogP) is 3.83. The summed E-state index contributed by atoms with van der Waals surface area (Å²) in [6.07, 6.45) is 4.73. The van der Waals surface area contributed by atoms with E-state index in [2.05, 4.69) is 53.8 Å². The van der Waals surface area contributed by atoms with Crippen molar-refractivity contribution in [3.05, 3.63) is 65.2 Å². The first-order chi connectivity index (χ1) is 11.4. The molecule has 0 bridgehead atoms. The lowest BCUT2D eigenvalue weighted by atomic mass is 9.95. The van der Waals surface area contributed by atoms with Gasteiger partial charge in [-0.15, -0.1) is 11.8 Å². The van der Waals surface area contributed by atoms with E-state index in [0.29, 0.717) is 6.10 Å². The van der Waals surface area contributed by atoms with Crippen LogP contribution in [0.3, 0.4) is 0 Å². The van der Waals surface area contributed by atoms with Crippen molar-refractivity contribution in [3.63, 3.8) is 0 Å². The summed E-state index contributed by atoms with van der Waals surface area (Å²) in [5, 5.41) is 4.15. The van der Waals surface area contributed by atoms with E-state index in [1.54, 1.807) is 0 Å². The van der Waals surface area contributed by atoms with Gasteiger partial charge in [0.25, 0.3) is 0 Å². The highest BCUT2D eigenvalue weighted by molar-refractivity contribution is 8.00. The molecule has 1 N–H and O–H groups in total. The van der Waals surface area contributed by atoms with Gasteiger partial charge >= 0.3 is 0 Å². The van der Waals surface area contributed by atoms with Gasteiger partial charge in [0.05, 0.1) is 0 Å². The summed E-state index contributed by atoms with van der Waals surface area (Å²) in [6, 6.07) is 17.5. The molecule has 0 saturated carbocycles. The Balaban J connectivity index is 1.41. The van der Waals surface area contributed by atoms with Gasteiger partial charge in [0.15, 0.2) is 0 Å². The van der Waals surface area contributed by atoms with Gasteiger partial charge in [0.2, 0.25) is 0 Å². The van der Waals surface area contributed by atoms with Gasteiger partial charge in [-0.1, -0.05) is 42.5 Å². The average Bonchev–Trinajstić information content (AvgIpc) is 3.09. The maximum atomic E-state index is 6.24.